The predicted molar refractivity (Wildman–Crippen MR) is 114 cm³/mol. The summed E-state index contributed by atoms with van der Waals surface area (Å²) in [5, 5.41) is 5.44. The van der Waals surface area contributed by atoms with Crippen molar-refractivity contribution in [1.82, 2.24) is 5.32 Å². The van der Waals surface area contributed by atoms with Gasteiger partial charge in [-0.05, 0) is 49.7 Å². The van der Waals surface area contributed by atoms with Crippen molar-refractivity contribution < 1.29 is 19.1 Å². The Labute approximate surface area is 177 Å². The number of rotatable bonds is 6. The van der Waals surface area contributed by atoms with Crippen molar-refractivity contribution >= 4 is 45.0 Å². The van der Waals surface area contributed by atoms with E-state index < -0.39 is 6.04 Å². The molecule has 152 valence electrons. The van der Waals surface area contributed by atoms with Gasteiger partial charge in [0.15, 0.2) is 0 Å². The van der Waals surface area contributed by atoms with E-state index in [-0.39, 0.29) is 17.7 Å². The summed E-state index contributed by atoms with van der Waals surface area (Å²) in [6, 6.07) is 11.3. The zero-order valence-electron chi connectivity index (χ0n) is 16.2. The first-order valence-electron chi connectivity index (χ1n) is 9.24. The largest absolute Gasteiger partial charge is 0.494 e. The van der Waals surface area contributed by atoms with E-state index in [0.717, 1.165) is 10.9 Å². The molecule has 0 aromatic heterocycles. The highest BCUT2D eigenvalue weighted by Gasteiger charge is 2.25. The number of amides is 3. The molecule has 1 aliphatic heterocycles. The second-order valence-electron chi connectivity index (χ2n) is 6.73. The molecular formula is C21H22BrN3O4. The third-order valence-corrected chi connectivity index (χ3v) is 5.19. The van der Waals surface area contributed by atoms with Crippen LogP contribution >= 0.6 is 15.9 Å². The molecule has 3 rings (SSSR count). The maximum atomic E-state index is 12.5. The lowest BCUT2D eigenvalue weighted by molar-refractivity contribution is -0.118. The number of hydrogen-bond donors (Lipinski definition) is 2. The topological polar surface area (TPSA) is 87.7 Å². The molecule has 2 aromatic carbocycles. The highest BCUT2D eigenvalue weighted by atomic mass is 79.9. The second-order valence-corrected chi connectivity index (χ2v) is 7.64. The molecule has 0 saturated carbocycles. The van der Waals surface area contributed by atoms with Gasteiger partial charge in [-0.3, -0.25) is 14.4 Å². The van der Waals surface area contributed by atoms with Gasteiger partial charge in [-0.15, -0.1) is 0 Å². The fourth-order valence-corrected chi connectivity index (χ4v) is 3.34. The maximum absolute atomic E-state index is 12.5. The molecule has 8 heteroatoms. The van der Waals surface area contributed by atoms with E-state index in [1.807, 2.05) is 0 Å². The highest BCUT2D eigenvalue weighted by molar-refractivity contribution is 9.10. The second kappa shape index (κ2) is 9.09. The Hall–Kier alpha value is -2.87. The van der Waals surface area contributed by atoms with Crippen molar-refractivity contribution in [2.45, 2.75) is 25.8 Å². The minimum Gasteiger partial charge on any atom is -0.494 e. The van der Waals surface area contributed by atoms with Gasteiger partial charge in [-0.1, -0.05) is 15.9 Å². The van der Waals surface area contributed by atoms with Gasteiger partial charge < -0.3 is 20.3 Å². The number of ether oxygens (including phenoxy) is 1. The molecule has 1 fully saturated rings. The number of methoxy groups -OCH3 is 1. The summed E-state index contributed by atoms with van der Waals surface area (Å²) in [4.78, 5) is 38.4. The van der Waals surface area contributed by atoms with Gasteiger partial charge in [0.25, 0.3) is 5.91 Å². The molecule has 1 heterocycles. The zero-order chi connectivity index (χ0) is 21.0. The molecule has 0 spiro atoms. The monoisotopic (exact) mass is 459 g/mol. The third-order valence-electron chi connectivity index (χ3n) is 4.66. The summed E-state index contributed by atoms with van der Waals surface area (Å²) in [5.41, 5.74) is 1.67. The van der Waals surface area contributed by atoms with E-state index in [0.29, 0.717) is 35.7 Å². The Kier molecular flexibility index (Phi) is 6.53. The molecule has 0 bridgehead atoms. The van der Waals surface area contributed by atoms with Gasteiger partial charge in [0.1, 0.15) is 11.8 Å². The van der Waals surface area contributed by atoms with Gasteiger partial charge in [0.2, 0.25) is 11.8 Å². The fourth-order valence-electron chi connectivity index (χ4n) is 3.08. The van der Waals surface area contributed by atoms with Gasteiger partial charge in [-0.25, -0.2) is 0 Å². The Bertz CT molecular complexity index is 930. The Morgan fingerprint density at radius 2 is 1.90 bits per heavy atom. The summed E-state index contributed by atoms with van der Waals surface area (Å²) < 4.78 is 6.27. The molecule has 0 radical (unpaired) electrons. The summed E-state index contributed by atoms with van der Waals surface area (Å²) in [7, 11) is 1.52. The first kappa shape index (κ1) is 20.9. The smallest absolute Gasteiger partial charge is 0.251 e. The molecule has 2 aromatic rings. The van der Waals surface area contributed by atoms with Gasteiger partial charge in [0, 0.05) is 34.8 Å². The number of carbonyl (C=O) groups is 3. The first-order chi connectivity index (χ1) is 13.9. The van der Waals surface area contributed by atoms with Crippen LogP contribution in [0.4, 0.5) is 11.4 Å². The highest BCUT2D eigenvalue weighted by Crippen LogP contribution is 2.33. The van der Waals surface area contributed by atoms with Crippen molar-refractivity contribution in [2.24, 2.45) is 0 Å². The third kappa shape index (κ3) is 4.95. The summed E-state index contributed by atoms with van der Waals surface area (Å²) in [5.74, 6) is -0.128. The van der Waals surface area contributed by atoms with E-state index in [2.05, 4.69) is 26.6 Å². The molecular weight excluding hydrogens is 438 g/mol. The van der Waals surface area contributed by atoms with Gasteiger partial charge in [-0.2, -0.15) is 0 Å². The van der Waals surface area contributed by atoms with Gasteiger partial charge >= 0.3 is 0 Å². The van der Waals surface area contributed by atoms with Crippen LogP contribution in [0.2, 0.25) is 0 Å². The minimum absolute atomic E-state index is 0.0596. The van der Waals surface area contributed by atoms with Crippen LogP contribution in [0.3, 0.4) is 0 Å². The zero-order valence-corrected chi connectivity index (χ0v) is 17.8. The van der Waals surface area contributed by atoms with E-state index in [9.17, 15) is 14.4 Å². The SMILES string of the molecule is COc1cc(NC(=O)C(C)NC(=O)c2ccc(Br)cc2)ccc1N1CCCC1=O. The van der Waals surface area contributed by atoms with Crippen molar-refractivity contribution in [1.29, 1.82) is 0 Å². The lowest BCUT2D eigenvalue weighted by Gasteiger charge is -2.20. The number of nitrogens with zero attached hydrogens (tertiary/aromatic N) is 1. The van der Waals surface area contributed by atoms with E-state index in [1.165, 1.54) is 7.11 Å². The van der Waals surface area contributed by atoms with Crippen LogP contribution in [0, 0.1) is 0 Å². The first-order valence-corrected chi connectivity index (χ1v) is 10.0. The van der Waals surface area contributed by atoms with Crippen molar-refractivity contribution in [2.75, 3.05) is 23.9 Å². The van der Waals surface area contributed by atoms with Crippen molar-refractivity contribution in [3.63, 3.8) is 0 Å². The quantitative estimate of drug-likeness (QED) is 0.693. The average molecular weight is 460 g/mol. The number of hydrogen-bond acceptors (Lipinski definition) is 4. The number of nitrogens with one attached hydrogen (secondary N) is 2. The van der Waals surface area contributed by atoms with Crippen LogP contribution in [-0.4, -0.2) is 37.4 Å². The Morgan fingerprint density at radius 3 is 2.52 bits per heavy atom. The number of halogens is 1. The summed E-state index contributed by atoms with van der Waals surface area (Å²) >= 11 is 3.32. The molecule has 1 atom stereocenters. The van der Waals surface area contributed by atoms with Crippen LogP contribution in [0.5, 0.6) is 5.75 Å². The number of carbonyl (C=O) groups excluding carboxylic acids is 3. The molecule has 1 saturated heterocycles. The molecule has 7 nitrogen and oxygen atoms in total. The fraction of sp³-hybridized carbons (Fsp3) is 0.286. The number of benzene rings is 2. The van der Waals surface area contributed by atoms with E-state index in [1.54, 1.807) is 54.3 Å². The Balaban J connectivity index is 1.65. The predicted octanol–water partition coefficient (Wildman–Crippen LogP) is 3.34. The normalized spacial score (nSPS) is 14.4. The van der Waals surface area contributed by atoms with E-state index >= 15 is 0 Å². The average Bonchev–Trinajstić information content (AvgIpc) is 3.13. The van der Waals surface area contributed by atoms with Crippen LogP contribution in [0.25, 0.3) is 0 Å². The molecule has 1 unspecified atom stereocenters. The van der Waals surface area contributed by atoms with Crippen LogP contribution in [0.1, 0.15) is 30.1 Å². The lowest BCUT2D eigenvalue weighted by atomic mass is 10.2. The number of anilines is 2. The standard InChI is InChI=1S/C21H22BrN3O4/c1-13(23-21(28)14-5-7-15(22)8-6-14)20(27)24-16-9-10-17(18(12-16)29-2)25-11-3-4-19(25)26/h5-10,12-13H,3-4,11H2,1-2H3,(H,23,28)(H,24,27). The van der Waals surface area contributed by atoms with Crippen LogP contribution in [-0.2, 0) is 9.59 Å². The molecule has 2 N–H and O–H groups in total. The minimum atomic E-state index is -0.739. The maximum Gasteiger partial charge on any atom is 0.251 e. The summed E-state index contributed by atoms with van der Waals surface area (Å²) in [6.07, 6.45) is 1.34. The summed E-state index contributed by atoms with van der Waals surface area (Å²) in [6.45, 7) is 2.26. The van der Waals surface area contributed by atoms with Crippen LogP contribution in [0.15, 0.2) is 46.9 Å². The van der Waals surface area contributed by atoms with E-state index in [4.69, 9.17) is 4.74 Å². The Morgan fingerprint density at radius 1 is 1.17 bits per heavy atom. The van der Waals surface area contributed by atoms with Crippen molar-refractivity contribution in [3.8, 4) is 5.75 Å². The molecule has 29 heavy (non-hydrogen) atoms. The van der Waals surface area contributed by atoms with Crippen molar-refractivity contribution in [3.05, 3.63) is 52.5 Å². The molecule has 1 aliphatic rings. The van der Waals surface area contributed by atoms with Gasteiger partial charge in [0.05, 0.1) is 12.8 Å². The lowest BCUT2D eigenvalue weighted by Crippen LogP contribution is -2.41. The molecule has 0 aliphatic carbocycles. The van der Waals surface area contributed by atoms with Crippen LogP contribution < -0.4 is 20.3 Å². The molecule has 3 amide bonds.